The van der Waals surface area contributed by atoms with Gasteiger partial charge in [-0.15, -0.1) is 0 Å². The summed E-state index contributed by atoms with van der Waals surface area (Å²) in [7, 11) is 0. The first-order valence-corrected chi connectivity index (χ1v) is 10.1. The van der Waals surface area contributed by atoms with Crippen molar-refractivity contribution in [3.8, 4) is 0 Å². The van der Waals surface area contributed by atoms with Crippen molar-refractivity contribution < 1.29 is 23.9 Å². The van der Waals surface area contributed by atoms with E-state index in [1.807, 2.05) is 6.07 Å². The largest absolute Gasteiger partial charge is 0.459 e. The van der Waals surface area contributed by atoms with Gasteiger partial charge in [0, 0.05) is 12.8 Å². The van der Waals surface area contributed by atoms with Gasteiger partial charge >= 0.3 is 11.9 Å². The summed E-state index contributed by atoms with van der Waals surface area (Å²) in [6, 6.07) is 17.2. The lowest BCUT2D eigenvalue weighted by molar-refractivity contribution is -0.129. The van der Waals surface area contributed by atoms with Gasteiger partial charge in [0.1, 0.15) is 6.10 Å². The van der Waals surface area contributed by atoms with Crippen molar-refractivity contribution in [2.45, 2.75) is 58.2 Å². The molecule has 2 aromatic rings. The quantitative estimate of drug-likeness (QED) is 0.395. The van der Waals surface area contributed by atoms with Gasteiger partial charge in [-0.3, -0.25) is 4.79 Å². The molecule has 5 heteroatoms. The molecule has 2 aromatic carbocycles. The van der Waals surface area contributed by atoms with Crippen molar-refractivity contribution in [1.82, 2.24) is 0 Å². The standard InChI is InChI=1S/C24H28O5/c1-3-4-7-16-21(25)22(29-24(27)20-14-10-6-11-15-20)17-18(2)28-23(26)19-12-8-5-9-13-19/h5-6,8-15,18,22H,3-4,7,16-17H2,1-2H3. The lowest BCUT2D eigenvalue weighted by Gasteiger charge is -2.21. The second-order valence-electron chi connectivity index (χ2n) is 7.00. The zero-order valence-corrected chi connectivity index (χ0v) is 17.0. The highest BCUT2D eigenvalue weighted by Gasteiger charge is 2.27. The van der Waals surface area contributed by atoms with Crippen LogP contribution in [0.2, 0.25) is 0 Å². The molecule has 5 nitrogen and oxygen atoms in total. The summed E-state index contributed by atoms with van der Waals surface area (Å²) in [6.07, 6.45) is 1.61. The summed E-state index contributed by atoms with van der Waals surface area (Å²) in [5.74, 6) is -1.17. The van der Waals surface area contributed by atoms with Crippen molar-refractivity contribution in [2.75, 3.05) is 0 Å². The molecule has 0 N–H and O–H groups in total. The molecule has 2 atom stereocenters. The minimum atomic E-state index is -0.946. The van der Waals surface area contributed by atoms with Crippen LogP contribution in [-0.4, -0.2) is 29.9 Å². The second kappa shape index (κ2) is 11.8. The lowest BCUT2D eigenvalue weighted by Crippen LogP contribution is -2.32. The maximum absolute atomic E-state index is 12.7. The van der Waals surface area contributed by atoms with Crippen LogP contribution in [0.1, 0.15) is 66.7 Å². The minimum absolute atomic E-state index is 0.127. The van der Waals surface area contributed by atoms with E-state index in [4.69, 9.17) is 9.47 Å². The summed E-state index contributed by atoms with van der Waals surface area (Å²) in [6.45, 7) is 3.76. The maximum Gasteiger partial charge on any atom is 0.338 e. The van der Waals surface area contributed by atoms with Crippen molar-refractivity contribution >= 4 is 17.7 Å². The molecular formula is C24H28O5. The molecular weight excluding hydrogens is 368 g/mol. The summed E-state index contributed by atoms with van der Waals surface area (Å²) >= 11 is 0. The van der Waals surface area contributed by atoms with Crippen LogP contribution < -0.4 is 0 Å². The Bertz CT molecular complexity index is 785. The van der Waals surface area contributed by atoms with E-state index in [1.54, 1.807) is 61.5 Å². The zero-order valence-electron chi connectivity index (χ0n) is 17.0. The Kier molecular flexibility index (Phi) is 9.09. The Morgan fingerprint density at radius 1 is 0.793 bits per heavy atom. The summed E-state index contributed by atoms with van der Waals surface area (Å²) in [4.78, 5) is 37.3. The molecule has 0 aliphatic rings. The van der Waals surface area contributed by atoms with Gasteiger partial charge in [0.05, 0.1) is 11.1 Å². The third kappa shape index (κ3) is 7.53. The number of carbonyl (C=O) groups is 3. The van der Waals surface area contributed by atoms with Crippen LogP contribution in [0.25, 0.3) is 0 Å². The number of hydrogen-bond donors (Lipinski definition) is 0. The number of ether oxygens (including phenoxy) is 2. The van der Waals surface area contributed by atoms with Crippen LogP contribution >= 0.6 is 0 Å². The highest BCUT2D eigenvalue weighted by Crippen LogP contribution is 2.16. The zero-order chi connectivity index (χ0) is 21.1. The second-order valence-corrected chi connectivity index (χ2v) is 7.00. The fourth-order valence-corrected chi connectivity index (χ4v) is 2.90. The van der Waals surface area contributed by atoms with Gasteiger partial charge < -0.3 is 9.47 Å². The van der Waals surface area contributed by atoms with Crippen molar-refractivity contribution in [1.29, 1.82) is 0 Å². The van der Waals surface area contributed by atoms with Gasteiger partial charge in [-0.1, -0.05) is 56.2 Å². The maximum atomic E-state index is 12.7. The fraction of sp³-hybridized carbons (Fsp3) is 0.375. The van der Waals surface area contributed by atoms with Crippen LogP contribution in [-0.2, 0) is 14.3 Å². The molecule has 29 heavy (non-hydrogen) atoms. The Balaban J connectivity index is 2.02. The summed E-state index contributed by atoms with van der Waals surface area (Å²) in [5.41, 5.74) is 0.819. The van der Waals surface area contributed by atoms with Gasteiger partial charge in [-0.2, -0.15) is 0 Å². The molecule has 2 rings (SSSR count). The number of benzene rings is 2. The van der Waals surface area contributed by atoms with E-state index >= 15 is 0 Å². The SMILES string of the molecule is CCCCCC(=O)C(CC(C)OC(=O)c1ccccc1)OC(=O)c1ccccc1. The van der Waals surface area contributed by atoms with Crippen LogP contribution in [0.15, 0.2) is 60.7 Å². The molecule has 0 saturated carbocycles. The average molecular weight is 396 g/mol. The Labute approximate surface area is 172 Å². The molecule has 0 aliphatic heterocycles. The highest BCUT2D eigenvalue weighted by molar-refractivity contribution is 5.93. The van der Waals surface area contributed by atoms with E-state index in [2.05, 4.69) is 6.92 Å². The molecule has 154 valence electrons. The lowest BCUT2D eigenvalue weighted by atomic mass is 10.0. The monoisotopic (exact) mass is 396 g/mol. The Morgan fingerprint density at radius 2 is 1.31 bits per heavy atom. The smallest absolute Gasteiger partial charge is 0.338 e. The number of unbranched alkanes of at least 4 members (excludes halogenated alkanes) is 2. The van der Waals surface area contributed by atoms with E-state index in [1.165, 1.54) is 0 Å². The normalized spacial score (nSPS) is 12.6. The first-order chi connectivity index (χ1) is 14.0. The Morgan fingerprint density at radius 3 is 1.83 bits per heavy atom. The number of ketones is 1. The van der Waals surface area contributed by atoms with Crippen molar-refractivity contribution in [2.24, 2.45) is 0 Å². The first-order valence-electron chi connectivity index (χ1n) is 10.1. The molecule has 0 aromatic heterocycles. The number of Topliss-reactive ketones (excluding diaryl/α,β-unsaturated/α-hetero) is 1. The van der Waals surface area contributed by atoms with E-state index in [0.717, 1.165) is 19.3 Å². The average Bonchev–Trinajstić information content (AvgIpc) is 2.74. The number of esters is 2. The Hall–Kier alpha value is -2.95. The summed E-state index contributed by atoms with van der Waals surface area (Å²) < 4.78 is 11.0. The predicted octanol–water partition coefficient (Wildman–Crippen LogP) is 5.00. The fourth-order valence-electron chi connectivity index (χ4n) is 2.90. The van der Waals surface area contributed by atoms with Crippen LogP contribution in [0.3, 0.4) is 0 Å². The number of carbonyl (C=O) groups excluding carboxylic acids is 3. The van der Waals surface area contributed by atoms with E-state index in [-0.39, 0.29) is 12.2 Å². The van der Waals surface area contributed by atoms with Gasteiger partial charge in [0.15, 0.2) is 11.9 Å². The minimum Gasteiger partial charge on any atom is -0.459 e. The van der Waals surface area contributed by atoms with E-state index in [0.29, 0.717) is 17.5 Å². The van der Waals surface area contributed by atoms with Crippen LogP contribution in [0.5, 0.6) is 0 Å². The highest BCUT2D eigenvalue weighted by atomic mass is 16.6. The number of hydrogen-bond acceptors (Lipinski definition) is 5. The van der Waals surface area contributed by atoms with E-state index < -0.39 is 24.1 Å². The molecule has 0 spiro atoms. The van der Waals surface area contributed by atoms with Crippen molar-refractivity contribution in [3.05, 3.63) is 71.8 Å². The van der Waals surface area contributed by atoms with Gasteiger partial charge in [0.2, 0.25) is 0 Å². The van der Waals surface area contributed by atoms with E-state index in [9.17, 15) is 14.4 Å². The molecule has 0 saturated heterocycles. The molecule has 0 heterocycles. The van der Waals surface area contributed by atoms with Crippen LogP contribution in [0.4, 0.5) is 0 Å². The number of rotatable bonds is 11. The third-order valence-corrected chi connectivity index (χ3v) is 4.51. The van der Waals surface area contributed by atoms with Gasteiger partial charge in [0.25, 0.3) is 0 Å². The van der Waals surface area contributed by atoms with Gasteiger partial charge in [-0.05, 0) is 37.6 Å². The van der Waals surface area contributed by atoms with Crippen LogP contribution in [0, 0.1) is 0 Å². The summed E-state index contributed by atoms with van der Waals surface area (Å²) in [5, 5.41) is 0. The molecule has 0 fully saturated rings. The first kappa shape index (κ1) is 22.3. The molecule has 0 amide bonds. The third-order valence-electron chi connectivity index (χ3n) is 4.51. The molecule has 2 unspecified atom stereocenters. The predicted molar refractivity (Wildman–Crippen MR) is 111 cm³/mol. The van der Waals surface area contributed by atoms with Crippen molar-refractivity contribution in [3.63, 3.8) is 0 Å². The molecule has 0 aliphatic carbocycles. The topological polar surface area (TPSA) is 69.7 Å². The molecule has 0 bridgehead atoms. The van der Waals surface area contributed by atoms with Gasteiger partial charge in [-0.25, -0.2) is 9.59 Å². The molecule has 0 radical (unpaired) electrons.